The van der Waals surface area contributed by atoms with E-state index >= 15 is 0 Å². The second-order valence-electron chi connectivity index (χ2n) is 7.75. The number of carbonyl (C=O) groups is 1. The number of hydrogen-bond donors (Lipinski definition) is 1. The van der Waals surface area contributed by atoms with Gasteiger partial charge in [0.05, 0.1) is 12.7 Å². The Morgan fingerprint density at radius 2 is 1.94 bits per heavy atom. The third-order valence-corrected chi connectivity index (χ3v) is 5.71. The summed E-state index contributed by atoms with van der Waals surface area (Å²) in [6.07, 6.45) is 0.469. The largest absolute Gasteiger partial charge is 0.493 e. The molecule has 9 heteroatoms. The molecule has 1 aliphatic rings. The summed E-state index contributed by atoms with van der Waals surface area (Å²) in [6.45, 7) is 0.333. The van der Waals surface area contributed by atoms with E-state index in [0.717, 1.165) is 37.6 Å². The van der Waals surface area contributed by atoms with Crippen LogP contribution in [-0.4, -0.2) is 37.6 Å². The molecule has 0 saturated heterocycles. The van der Waals surface area contributed by atoms with Crippen molar-refractivity contribution in [2.24, 2.45) is 5.92 Å². The Kier molecular flexibility index (Phi) is 7.02. The summed E-state index contributed by atoms with van der Waals surface area (Å²) in [5.41, 5.74) is -1.51. The maximum Gasteiger partial charge on any atom is 0.416 e. The molecule has 1 aliphatic carbocycles. The van der Waals surface area contributed by atoms with Crippen molar-refractivity contribution >= 4 is 11.7 Å². The van der Waals surface area contributed by atoms with Crippen molar-refractivity contribution in [1.29, 1.82) is 0 Å². The molecule has 31 heavy (non-hydrogen) atoms. The van der Waals surface area contributed by atoms with Crippen molar-refractivity contribution in [2.45, 2.75) is 37.9 Å². The Hall–Kier alpha value is -2.84. The normalized spacial score (nSPS) is 19.0. The molecule has 1 saturated carbocycles. The number of methoxy groups -OCH3 is 1. The number of pyridine rings is 1. The number of nitrogens with one attached hydrogen (secondary N) is 1. The van der Waals surface area contributed by atoms with Crippen LogP contribution in [0.4, 0.5) is 23.4 Å². The number of aromatic nitrogens is 1. The molecule has 0 unspecified atom stereocenters. The van der Waals surface area contributed by atoms with Crippen LogP contribution in [0.25, 0.3) is 0 Å². The van der Waals surface area contributed by atoms with E-state index in [-0.39, 0.29) is 17.5 Å². The highest BCUT2D eigenvalue weighted by Gasteiger charge is 2.32. The first-order valence-electron chi connectivity index (χ1n) is 10.1. The topological polar surface area (TPSA) is 54.5 Å². The lowest BCUT2D eigenvalue weighted by atomic mass is 9.85. The molecule has 0 aliphatic heterocycles. The molecular weight excluding hydrogens is 414 g/mol. The minimum atomic E-state index is -4.71. The van der Waals surface area contributed by atoms with Crippen LogP contribution < -0.4 is 15.0 Å². The van der Waals surface area contributed by atoms with E-state index in [1.54, 1.807) is 13.3 Å². The zero-order chi connectivity index (χ0) is 22.6. The van der Waals surface area contributed by atoms with Gasteiger partial charge in [-0.25, -0.2) is 9.37 Å². The number of anilines is 1. The minimum Gasteiger partial charge on any atom is -0.493 e. The summed E-state index contributed by atoms with van der Waals surface area (Å²) in [5, 5.41) is 2.65. The Balaban J connectivity index is 1.54. The van der Waals surface area contributed by atoms with E-state index in [1.165, 1.54) is 0 Å². The van der Waals surface area contributed by atoms with Crippen LogP contribution in [0.2, 0.25) is 0 Å². The predicted molar refractivity (Wildman–Crippen MR) is 109 cm³/mol. The fourth-order valence-corrected chi connectivity index (χ4v) is 3.94. The van der Waals surface area contributed by atoms with E-state index in [0.29, 0.717) is 24.4 Å². The maximum atomic E-state index is 13.5. The Morgan fingerprint density at radius 1 is 1.23 bits per heavy atom. The highest BCUT2D eigenvalue weighted by molar-refractivity contribution is 5.94. The van der Waals surface area contributed by atoms with Gasteiger partial charge < -0.3 is 15.0 Å². The van der Waals surface area contributed by atoms with Crippen molar-refractivity contribution in [3.63, 3.8) is 0 Å². The second kappa shape index (κ2) is 9.53. The van der Waals surface area contributed by atoms with Gasteiger partial charge in [-0.1, -0.05) is 0 Å². The number of benzene rings is 1. The van der Waals surface area contributed by atoms with Crippen molar-refractivity contribution in [3.8, 4) is 5.75 Å². The highest BCUT2D eigenvalue weighted by Crippen LogP contribution is 2.33. The second-order valence-corrected chi connectivity index (χ2v) is 7.75. The summed E-state index contributed by atoms with van der Waals surface area (Å²) in [7, 11) is 3.57. The number of hydrogen-bond acceptors (Lipinski definition) is 4. The Morgan fingerprint density at radius 3 is 2.58 bits per heavy atom. The van der Waals surface area contributed by atoms with Crippen molar-refractivity contribution in [3.05, 3.63) is 53.5 Å². The SMILES string of the molecule is COc1cccnc1N(C)[C@H]1CC[C@@H](CNC(=O)c2cc(F)cc(C(F)(F)F)c2)CC1. The number of carbonyl (C=O) groups excluding carboxylic acids is 1. The molecule has 1 N–H and O–H groups in total. The molecular formula is C22H25F4N3O2. The number of ether oxygens (including phenoxy) is 1. The van der Waals surface area contributed by atoms with E-state index in [2.05, 4.69) is 15.2 Å². The van der Waals surface area contributed by atoms with Crippen molar-refractivity contribution < 1.29 is 27.1 Å². The molecule has 168 valence electrons. The first-order valence-corrected chi connectivity index (χ1v) is 10.1. The van der Waals surface area contributed by atoms with Crippen LogP contribution in [0.3, 0.4) is 0 Å². The van der Waals surface area contributed by atoms with E-state index in [4.69, 9.17) is 4.74 Å². The number of nitrogens with zero attached hydrogens (tertiary/aromatic N) is 2. The average Bonchev–Trinajstić information content (AvgIpc) is 2.76. The number of amides is 1. The van der Waals surface area contributed by atoms with Gasteiger partial charge in [0, 0.05) is 31.4 Å². The van der Waals surface area contributed by atoms with E-state index in [9.17, 15) is 22.4 Å². The van der Waals surface area contributed by atoms with Crippen LogP contribution >= 0.6 is 0 Å². The van der Waals surface area contributed by atoms with Gasteiger partial charge in [-0.05, 0) is 61.9 Å². The van der Waals surface area contributed by atoms with Gasteiger partial charge in [0.25, 0.3) is 5.91 Å². The van der Waals surface area contributed by atoms with E-state index < -0.39 is 23.5 Å². The average molecular weight is 439 g/mol. The monoisotopic (exact) mass is 439 g/mol. The number of rotatable bonds is 6. The maximum absolute atomic E-state index is 13.5. The number of halogens is 4. The summed E-state index contributed by atoms with van der Waals surface area (Å²) >= 11 is 0. The van der Waals surface area contributed by atoms with Gasteiger partial charge in [0.1, 0.15) is 5.82 Å². The van der Waals surface area contributed by atoms with Crippen LogP contribution in [0.15, 0.2) is 36.5 Å². The Bertz CT molecular complexity index is 912. The van der Waals surface area contributed by atoms with Gasteiger partial charge in [-0.3, -0.25) is 4.79 Å². The molecule has 0 radical (unpaired) electrons. The third-order valence-electron chi connectivity index (χ3n) is 5.71. The van der Waals surface area contributed by atoms with Crippen LogP contribution in [0.5, 0.6) is 5.75 Å². The van der Waals surface area contributed by atoms with Gasteiger partial charge in [-0.2, -0.15) is 13.2 Å². The molecule has 1 aromatic carbocycles. The van der Waals surface area contributed by atoms with Crippen molar-refractivity contribution in [1.82, 2.24) is 10.3 Å². The van der Waals surface area contributed by atoms with Gasteiger partial charge in [0.15, 0.2) is 11.6 Å². The smallest absolute Gasteiger partial charge is 0.416 e. The molecule has 0 atom stereocenters. The fourth-order valence-electron chi connectivity index (χ4n) is 3.94. The summed E-state index contributed by atoms with van der Waals surface area (Å²) in [4.78, 5) is 18.8. The highest BCUT2D eigenvalue weighted by atomic mass is 19.4. The molecule has 3 rings (SSSR count). The summed E-state index contributed by atoms with van der Waals surface area (Å²) in [6, 6.07) is 5.81. The molecule has 0 bridgehead atoms. The molecule has 1 aromatic heterocycles. The summed E-state index contributed by atoms with van der Waals surface area (Å²) < 4.78 is 57.4. The molecule has 0 spiro atoms. The first kappa shape index (κ1) is 22.8. The van der Waals surface area contributed by atoms with Crippen molar-refractivity contribution in [2.75, 3.05) is 25.6 Å². The summed E-state index contributed by atoms with van der Waals surface area (Å²) in [5.74, 6) is -0.119. The van der Waals surface area contributed by atoms with Gasteiger partial charge in [-0.15, -0.1) is 0 Å². The minimum absolute atomic E-state index is 0.204. The molecule has 1 fully saturated rings. The van der Waals surface area contributed by atoms with Gasteiger partial charge >= 0.3 is 6.18 Å². The first-order chi connectivity index (χ1) is 14.7. The number of alkyl halides is 3. The quantitative estimate of drug-likeness (QED) is 0.665. The molecule has 5 nitrogen and oxygen atoms in total. The zero-order valence-electron chi connectivity index (χ0n) is 17.4. The Labute approximate surface area is 178 Å². The third kappa shape index (κ3) is 5.65. The fraction of sp³-hybridized carbons (Fsp3) is 0.455. The van der Waals surface area contributed by atoms with Gasteiger partial charge in [0.2, 0.25) is 0 Å². The molecule has 2 aromatic rings. The zero-order valence-corrected chi connectivity index (χ0v) is 17.4. The predicted octanol–water partition coefficient (Wildman–Crippen LogP) is 4.67. The lowest BCUT2D eigenvalue weighted by molar-refractivity contribution is -0.137. The van der Waals surface area contributed by atoms with Crippen LogP contribution in [-0.2, 0) is 6.18 Å². The van der Waals surface area contributed by atoms with Crippen LogP contribution in [0, 0.1) is 11.7 Å². The van der Waals surface area contributed by atoms with E-state index in [1.807, 2.05) is 19.2 Å². The molecule has 1 heterocycles. The lowest BCUT2D eigenvalue weighted by Gasteiger charge is -2.35. The lowest BCUT2D eigenvalue weighted by Crippen LogP contribution is -2.38. The van der Waals surface area contributed by atoms with Crippen LogP contribution in [0.1, 0.15) is 41.6 Å². The molecule has 1 amide bonds. The standard InChI is InChI=1S/C22H25F4N3O2/c1-29(20-19(31-2)4-3-9-27-20)18-7-5-14(6-8-18)13-28-21(30)15-10-16(22(24,25)26)12-17(23)11-15/h3-4,9-12,14,18H,5-8,13H2,1-2H3,(H,28,30)/t14-,18+.